The van der Waals surface area contributed by atoms with Crippen LogP contribution in [-0.4, -0.2) is 55.9 Å². The summed E-state index contributed by atoms with van der Waals surface area (Å²) in [6.07, 6.45) is 0.0481. The summed E-state index contributed by atoms with van der Waals surface area (Å²) in [5.41, 5.74) is 0.784. The Labute approximate surface area is 119 Å². The van der Waals surface area contributed by atoms with E-state index in [2.05, 4.69) is 11.9 Å². The first-order valence-electron chi connectivity index (χ1n) is 6.83. The molecule has 1 aliphatic rings. The molecule has 5 heteroatoms. The molecule has 1 saturated heterocycles. The van der Waals surface area contributed by atoms with Crippen LogP contribution in [0, 0.1) is 5.92 Å². The summed E-state index contributed by atoms with van der Waals surface area (Å²) in [4.78, 5) is 12.8. The molecule has 0 radical (unpaired) electrons. The molecule has 2 rings (SSSR count). The number of carboxylic acid groups (broad SMARTS) is 1. The molecule has 0 aromatic heterocycles. The van der Waals surface area contributed by atoms with E-state index < -0.39 is 5.97 Å². The van der Waals surface area contributed by atoms with Gasteiger partial charge < -0.3 is 19.5 Å². The van der Waals surface area contributed by atoms with E-state index in [0.717, 1.165) is 37.6 Å². The number of likely N-dealkylation sites (N-methyl/N-ethyl adjacent to an activating group) is 1. The number of rotatable bonds is 8. The van der Waals surface area contributed by atoms with Gasteiger partial charge in [0.15, 0.2) is 0 Å². The number of carbonyl (C=O) groups is 1. The van der Waals surface area contributed by atoms with Crippen LogP contribution < -0.4 is 4.74 Å². The summed E-state index contributed by atoms with van der Waals surface area (Å²) in [6.45, 7) is 4.28. The third-order valence-electron chi connectivity index (χ3n) is 3.30. The fourth-order valence-electron chi connectivity index (χ4n) is 2.12. The lowest BCUT2D eigenvalue weighted by atomic mass is 10.1. The average molecular weight is 279 g/mol. The molecule has 0 unspecified atom stereocenters. The lowest BCUT2D eigenvalue weighted by molar-refractivity contribution is -0.136. The number of carboxylic acids is 1. The molecule has 1 fully saturated rings. The number of hydrogen-bond donors (Lipinski definition) is 1. The maximum Gasteiger partial charge on any atom is 0.307 e. The van der Waals surface area contributed by atoms with Crippen molar-refractivity contribution in [2.75, 3.05) is 40.0 Å². The first-order chi connectivity index (χ1) is 9.63. The van der Waals surface area contributed by atoms with Crippen molar-refractivity contribution in [1.29, 1.82) is 0 Å². The Kier molecular flexibility index (Phi) is 5.38. The predicted octanol–water partition coefficient (Wildman–Crippen LogP) is 1.27. The minimum absolute atomic E-state index is 0.0481. The smallest absolute Gasteiger partial charge is 0.307 e. The molecule has 0 aliphatic carbocycles. The van der Waals surface area contributed by atoms with Crippen molar-refractivity contribution in [3.8, 4) is 5.75 Å². The number of aliphatic carboxylic acids is 1. The highest BCUT2D eigenvalue weighted by Crippen LogP contribution is 2.13. The Morgan fingerprint density at radius 3 is 2.65 bits per heavy atom. The highest BCUT2D eigenvalue weighted by atomic mass is 16.5. The normalized spacial score (nSPS) is 15.1. The third kappa shape index (κ3) is 4.83. The molecule has 1 heterocycles. The largest absolute Gasteiger partial charge is 0.492 e. The van der Waals surface area contributed by atoms with Crippen LogP contribution in [0.5, 0.6) is 5.75 Å². The minimum Gasteiger partial charge on any atom is -0.492 e. The quantitative estimate of drug-likeness (QED) is 0.776. The Bertz CT molecular complexity index is 428. The zero-order valence-electron chi connectivity index (χ0n) is 11.7. The van der Waals surface area contributed by atoms with E-state index in [1.165, 1.54) is 0 Å². The summed E-state index contributed by atoms with van der Waals surface area (Å²) < 4.78 is 10.8. The Balaban J connectivity index is 1.66. The van der Waals surface area contributed by atoms with Gasteiger partial charge in [-0.25, -0.2) is 0 Å². The first-order valence-corrected chi connectivity index (χ1v) is 6.83. The fraction of sp³-hybridized carbons (Fsp3) is 0.533. The molecule has 0 bridgehead atoms. The Hall–Kier alpha value is -1.59. The third-order valence-corrected chi connectivity index (χ3v) is 3.30. The van der Waals surface area contributed by atoms with Crippen LogP contribution in [0.25, 0.3) is 0 Å². The second kappa shape index (κ2) is 7.26. The summed E-state index contributed by atoms with van der Waals surface area (Å²) >= 11 is 0. The molecule has 0 amide bonds. The van der Waals surface area contributed by atoms with Crippen molar-refractivity contribution >= 4 is 5.97 Å². The van der Waals surface area contributed by atoms with Gasteiger partial charge in [-0.15, -0.1) is 0 Å². The van der Waals surface area contributed by atoms with Crippen LogP contribution in [0.2, 0.25) is 0 Å². The molecule has 110 valence electrons. The zero-order valence-corrected chi connectivity index (χ0v) is 11.7. The molecule has 1 aromatic carbocycles. The molecule has 20 heavy (non-hydrogen) atoms. The van der Waals surface area contributed by atoms with E-state index in [1.54, 1.807) is 12.1 Å². The maximum absolute atomic E-state index is 10.6. The Morgan fingerprint density at radius 2 is 2.10 bits per heavy atom. The summed E-state index contributed by atoms with van der Waals surface area (Å²) in [5, 5.41) is 8.69. The first kappa shape index (κ1) is 14.8. The van der Waals surface area contributed by atoms with Crippen molar-refractivity contribution in [3.05, 3.63) is 29.8 Å². The standard InChI is InChI=1S/C15H21NO4/c1-16(9-13-10-19-11-13)6-7-20-14-4-2-12(3-5-14)8-15(17)18/h2-5,13H,6-11H2,1H3,(H,17,18). The van der Waals surface area contributed by atoms with Gasteiger partial charge in [-0.1, -0.05) is 12.1 Å². The fourth-order valence-corrected chi connectivity index (χ4v) is 2.12. The van der Waals surface area contributed by atoms with E-state index in [9.17, 15) is 4.79 Å². The predicted molar refractivity (Wildman–Crippen MR) is 75.1 cm³/mol. The second-order valence-electron chi connectivity index (χ2n) is 5.23. The van der Waals surface area contributed by atoms with Gasteiger partial charge >= 0.3 is 5.97 Å². The van der Waals surface area contributed by atoms with Crippen molar-refractivity contribution in [3.63, 3.8) is 0 Å². The van der Waals surface area contributed by atoms with Gasteiger partial charge in [0.1, 0.15) is 12.4 Å². The van der Waals surface area contributed by atoms with Crippen molar-refractivity contribution < 1.29 is 19.4 Å². The molecule has 1 N–H and O–H groups in total. The lowest BCUT2D eigenvalue weighted by Crippen LogP contribution is -2.39. The summed E-state index contributed by atoms with van der Waals surface area (Å²) in [6, 6.07) is 7.22. The van der Waals surface area contributed by atoms with E-state index in [0.29, 0.717) is 12.5 Å². The zero-order chi connectivity index (χ0) is 14.4. The Morgan fingerprint density at radius 1 is 1.40 bits per heavy atom. The van der Waals surface area contributed by atoms with Gasteiger partial charge in [-0.2, -0.15) is 0 Å². The van der Waals surface area contributed by atoms with Gasteiger partial charge in [0.2, 0.25) is 0 Å². The van der Waals surface area contributed by atoms with Crippen molar-refractivity contribution in [2.24, 2.45) is 5.92 Å². The SMILES string of the molecule is CN(CCOc1ccc(CC(=O)O)cc1)CC1COC1. The number of hydrogen-bond acceptors (Lipinski definition) is 4. The van der Waals surface area contributed by atoms with E-state index in [-0.39, 0.29) is 6.42 Å². The topological polar surface area (TPSA) is 59.0 Å². The monoisotopic (exact) mass is 279 g/mol. The molecule has 5 nitrogen and oxygen atoms in total. The van der Waals surface area contributed by atoms with Crippen LogP contribution in [0.1, 0.15) is 5.56 Å². The van der Waals surface area contributed by atoms with Gasteiger partial charge in [-0.3, -0.25) is 4.79 Å². The van der Waals surface area contributed by atoms with Crippen LogP contribution in [0.4, 0.5) is 0 Å². The van der Waals surface area contributed by atoms with Gasteiger partial charge in [0, 0.05) is 19.0 Å². The molecule has 0 saturated carbocycles. The molecule has 0 atom stereocenters. The maximum atomic E-state index is 10.6. The van der Waals surface area contributed by atoms with Gasteiger partial charge in [-0.05, 0) is 24.7 Å². The highest BCUT2D eigenvalue weighted by molar-refractivity contribution is 5.70. The summed E-state index contributed by atoms with van der Waals surface area (Å²) in [7, 11) is 2.08. The second-order valence-corrected chi connectivity index (χ2v) is 5.23. The van der Waals surface area contributed by atoms with Crippen LogP contribution in [0.15, 0.2) is 24.3 Å². The molecular formula is C15H21NO4. The number of nitrogens with zero attached hydrogens (tertiary/aromatic N) is 1. The van der Waals surface area contributed by atoms with E-state index in [4.69, 9.17) is 14.6 Å². The number of ether oxygens (including phenoxy) is 2. The molecule has 0 spiro atoms. The minimum atomic E-state index is -0.819. The van der Waals surface area contributed by atoms with E-state index in [1.807, 2.05) is 12.1 Å². The average Bonchev–Trinajstić information content (AvgIpc) is 2.35. The van der Waals surface area contributed by atoms with E-state index >= 15 is 0 Å². The van der Waals surface area contributed by atoms with Crippen LogP contribution in [-0.2, 0) is 16.0 Å². The molecule has 1 aliphatic heterocycles. The molecular weight excluding hydrogens is 258 g/mol. The van der Waals surface area contributed by atoms with Crippen LogP contribution >= 0.6 is 0 Å². The van der Waals surface area contributed by atoms with Gasteiger partial charge in [0.25, 0.3) is 0 Å². The lowest BCUT2D eigenvalue weighted by Gasteiger charge is -2.30. The summed E-state index contributed by atoms with van der Waals surface area (Å²) in [5.74, 6) is 0.620. The van der Waals surface area contributed by atoms with Crippen molar-refractivity contribution in [1.82, 2.24) is 4.90 Å². The van der Waals surface area contributed by atoms with Crippen LogP contribution in [0.3, 0.4) is 0 Å². The van der Waals surface area contributed by atoms with Gasteiger partial charge in [0.05, 0.1) is 19.6 Å². The molecule has 1 aromatic rings. The number of benzene rings is 1. The highest BCUT2D eigenvalue weighted by Gasteiger charge is 2.19. The van der Waals surface area contributed by atoms with Crippen molar-refractivity contribution in [2.45, 2.75) is 6.42 Å².